The molecule has 2 aromatic rings. The van der Waals surface area contributed by atoms with E-state index in [1.165, 1.54) is 4.90 Å². The quantitative estimate of drug-likeness (QED) is 0.782. The topological polar surface area (TPSA) is 76.3 Å². The van der Waals surface area contributed by atoms with Crippen LogP contribution in [0.5, 0.6) is 0 Å². The number of anilines is 1. The number of rotatable bonds is 2. The number of ketones is 1. The van der Waals surface area contributed by atoms with E-state index in [1.54, 1.807) is 25.1 Å². The van der Waals surface area contributed by atoms with Crippen molar-refractivity contribution in [1.82, 2.24) is 10.3 Å². The maximum Gasteiger partial charge on any atom is 0.299 e. The summed E-state index contributed by atoms with van der Waals surface area (Å²) in [6.07, 6.45) is 0. The molecule has 0 atom stereocenters. The lowest BCUT2D eigenvalue weighted by molar-refractivity contribution is -0.114. The monoisotopic (exact) mass is 277 g/mol. The molecule has 0 saturated carbocycles. The van der Waals surface area contributed by atoms with Crippen molar-refractivity contribution in [1.29, 1.82) is 0 Å². The Hall–Kier alpha value is -2.21. The lowest BCUT2D eigenvalue weighted by Gasteiger charge is -2.15. The number of Topliss-reactive ketones (excluding diaryl/α,β-unsaturated/α-hetero) is 1. The third kappa shape index (κ3) is 1.72. The molecule has 1 aromatic heterocycles. The van der Waals surface area contributed by atoms with Crippen molar-refractivity contribution < 1.29 is 14.2 Å². The molecular weight excluding hydrogens is 270 g/mol. The van der Waals surface area contributed by atoms with E-state index in [9.17, 15) is 9.59 Å². The fraction of sp³-hybridized carbons (Fsp3) is 0.167. The number of fused-ring (bicyclic) bond motifs is 1. The molecule has 1 aromatic carbocycles. The number of hydrogen-bond acceptors (Lipinski definition) is 5. The Morgan fingerprint density at radius 2 is 2.11 bits per heavy atom. The van der Waals surface area contributed by atoms with E-state index < -0.39 is 11.7 Å². The SMILES string of the molecule is Cc1nonc1CN1C(=O)C(=O)c2cccc(Cl)c21. The zero-order valence-electron chi connectivity index (χ0n) is 9.88. The van der Waals surface area contributed by atoms with Crippen molar-refractivity contribution in [2.24, 2.45) is 0 Å². The smallest absolute Gasteiger partial charge is 0.297 e. The number of amides is 1. The van der Waals surface area contributed by atoms with E-state index >= 15 is 0 Å². The first-order chi connectivity index (χ1) is 9.09. The molecule has 0 saturated heterocycles. The van der Waals surface area contributed by atoms with Gasteiger partial charge in [-0.05, 0) is 19.1 Å². The summed E-state index contributed by atoms with van der Waals surface area (Å²) in [5.41, 5.74) is 1.79. The number of benzene rings is 1. The Morgan fingerprint density at radius 3 is 2.79 bits per heavy atom. The van der Waals surface area contributed by atoms with Gasteiger partial charge in [0.05, 0.1) is 22.8 Å². The largest absolute Gasteiger partial charge is 0.299 e. The number of aromatic nitrogens is 2. The van der Waals surface area contributed by atoms with Crippen LogP contribution in [0.1, 0.15) is 21.7 Å². The summed E-state index contributed by atoms with van der Waals surface area (Å²) in [6.45, 7) is 1.82. The summed E-state index contributed by atoms with van der Waals surface area (Å²) in [7, 11) is 0. The highest BCUT2D eigenvalue weighted by atomic mass is 35.5. The number of halogens is 1. The van der Waals surface area contributed by atoms with Crippen molar-refractivity contribution in [3.8, 4) is 0 Å². The number of para-hydroxylation sites is 1. The average molecular weight is 278 g/mol. The highest BCUT2D eigenvalue weighted by Crippen LogP contribution is 2.36. The minimum Gasteiger partial charge on any atom is -0.297 e. The van der Waals surface area contributed by atoms with E-state index in [1.807, 2.05) is 0 Å². The van der Waals surface area contributed by atoms with Gasteiger partial charge < -0.3 is 0 Å². The first-order valence-electron chi connectivity index (χ1n) is 5.52. The number of nitrogens with zero attached hydrogens (tertiary/aromatic N) is 3. The van der Waals surface area contributed by atoms with Crippen LogP contribution in [0.2, 0.25) is 5.02 Å². The highest BCUT2D eigenvalue weighted by molar-refractivity contribution is 6.54. The van der Waals surface area contributed by atoms with Crippen molar-refractivity contribution in [2.75, 3.05) is 4.90 Å². The molecule has 0 bridgehead atoms. The molecule has 0 spiro atoms. The van der Waals surface area contributed by atoms with Crippen LogP contribution >= 0.6 is 11.6 Å². The Bertz CT molecular complexity index is 695. The van der Waals surface area contributed by atoms with Crippen molar-refractivity contribution >= 4 is 29.0 Å². The maximum atomic E-state index is 12.0. The third-order valence-electron chi connectivity index (χ3n) is 3.00. The average Bonchev–Trinajstić information content (AvgIpc) is 2.89. The van der Waals surface area contributed by atoms with E-state index in [4.69, 9.17) is 11.6 Å². The fourth-order valence-corrected chi connectivity index (χ4v) is 2.28. The molecule has 3 rings (SSSR count). The van der Waals surface area contributed by atoms with Gasteiger partial charge in [0.15, 0.2) is 0 Å². The summed E-state index contributed by atoms with van der Waals surface area (Å²) >= 11 is 6.07. The Kier molecular flexibility index (Phi) is 2.60. The molecule has 2 heterocycles. The fourth-order valence-electron chi connectivity index (χ4n) is 2.01. The molecule has 7 heteroatoms. The van der Waals surface area contributed by atoms with Crippen molar-refractivity contribution in [3.05, 3.63) is 40.2 Å². The van der Waals surface area contributed by atoms with Crippen LogP contribution in [0.15, 0.2) is 22.8 Å². The standard InChI is InChI=1S/C12H8ClN3O3/c1-6-9(15-19-14-6)5-16-10-7(11(17)12(16)18)3-2-4-8(10)13/h2-4H,5H2,1H3. The second kappa shape index (κ2) is 4.17. The first-order valence-corrected chi connectivity index (χ1v) is 5.90. The minimum atomic E-state index is -0.620. The summed E-state index contributed by atoms with van der Waals surface area (Å²) in [5, 5.41) is 7.70. The molecule has 6 nitrogen and oxygen atoms in total. The predicted octanol–water partition coefficient (Wildman–Crippen LogP) is 1.76. The molecule has 0 aliphatic carbocycles. The molecule has 0 fully saturated rings. The van der Waals surface area contributed by atoms with Gasteiger partial charge >= 0.3 is 0 Å². The van der Waals surface area contributed by atoms with Gasteiger partial charge in [0.1, 0.15) is 11.4 Å². The van der Waals surface area contributed by atoms with E-state index in [-0.39, 0.29) is 6.54 Å². The van der Waals surface area contributed by atoms with Gasteiger partial charge in [0.25, 0.3) is 11.7 Å². The van der Waals surface area contributed by atoms with Gasteiger partial charge in [0.2, 0.25) is 0 Å². The van der Waals surface area contributed by atoms with Gasteiger partial charge in [0, 0.05) is 0 Å². The Labute approximate surface area is 112 Å². The Morgan fingerprint density at radius 1 is 1.32 bits per heavy atom. The number of hydrogen-bond donors (Lipinski definition) is 0. The highest BCUT2D eigenvalue weighted by Gasteiger charge is 2.38. The van der Waals surface area contributed by atoms with Crippen LogP contribution in [0.25, 0.3) is 0 Å². The lowest BCUT2D eigenvalue weighted by Crippen LogP contribution is -2.29. The number of aryl methyl sites for hydroxylation is 1. The predicted molar refractivity (Wildman–Crippen MR) is 66.0 cm³/mol. The molecule has 96 valence electrons. The number of carbonyl (C=O) groups excluding carboxylic acids is 2. The molecule has 1 amide bonds. The molecule has 19 heavy (non-hydrogen) atoms. The van der Waals surface area contributed by atoms with Crippen molar-refractivity contribution in [3.63, 3.8) is 0 Å². The zero-order valence-corrected chi connectivity index (χ0v) is 10.6. The van der Waals surface area contributed by atoms with Gasteiger partial charge in [-0.2, -0.15) is 0 Å². The van der Waals surface area contributed by atoms with Crippen LogP contribution in [0.3, 0.4) is 0 Å². The molecule has 1 aliphatic rings. The van der Waals surface area contributed by atoms with Crippen LogP contribution in [-0.4, -0.2) is 22.0 Å². The lowest BCUT2D eigenvalue weighted by atomic mass is 10.1. The van der Waals surface area contributed by atoms with Crippen LogP contribution in [0, 0.1) is 6.92 Å². The second-order valence-electron chi connectivity index (χ2n) is 4.15. The van der Waals surface area contributed by atoms with Gasteiger partial charge in [-0.3, -0.25) is 14.5 Å². The summed E-state index contributed by atoms with van der Waals surface area (Å²) in [4.78, 5) is 25.2. The third-order valence-corrected chi connectivity index (χ3v) is 3.30. The van der Waals surface area contributed by atoms with Crippen molar-refractivity contribution in [2.45, 2.75) is 13.5 Å². The second-order valence-corrected chi connectivity index (χ2v) is 4.56. The molecule has 0 unspecified atom stereocenters. The van der Waals surface area contributed by atoms with Crippen LogP contribution in [-0.2, 0) is 11.3 Å². The molecule has 1 aliphatic heterocycles. The molecule has 0 radical (unpaired) electrons. The zero-order chi connectivity index (χ0) is 13.6. The molecular formula is C12H8ClN3O3. The molecule has 0 N–H and O–H groups in total. The normalized spacial score (nSPS) is 14.1. The Balaban J connectivity index is 2.07. The van der Waals surface area contributed by atoms with Gasteiger partial charge in [-0.25, -0.2) is 4.63 Å². The van der Waals surface area contributed by atoms with Gasteiger partial charge in [-0.1, -0.05) is 28.0 Å². The van der Waals surface area contributed by atoms with Crippen LogP contribution < -0.4 is 4.90 Å². The van der Waals surface area contributed by atoms with E-state index in [0.717, 1.165) is 0 Å². The first kappa shape index (κ1) is 11.9. The van der Waals surface area contributed by atoms with E-state index in [2.05, 4.69) is 14.9 Å². The summed E-state index contributed by atoms with van der Waals surface area (Å²) < 4.78 is 4.58. The van der Waals surface area contributed by atoms with E-state index in [0.29, 0.717) is 27.7 Å². The summed E-state index contributed by atoms with van der Waals surface area (Å²) in [6, 6.07) is 4.85. The van der Waals surface area contributed by atoms with Crippen LogP contribution in [0.4, 0.5) is 5.69 Å². The minimum absolute atomic E-state index is 0.108. The number of carbonyl (C=O) groups is 2. The summed E-state index contributed by atoms with van der Waals surface area (Å²) in [5.74, 6) is -1.18. The maximum absolute atomic E-state index is 12.0. The van der Waals surface area contributed by atoms with Gasteiger partial charge in [-0.15, -0.1) is 0 Å².